The maximum atomic E-state index is 12.2. The Labute approximate surface area is 116 Å². The lowest BCUT2D eigenvalue weighted by molar-refractivity contribution is 0.617. The molecule has 0 atom stereocenters. The van der Waals surface area contributed by atoms with Crippen molar-refractivity contribution in [1.29, 1.82) is 0 Å². The summed E-state index contributed by atoms with van der Waals surface area (Å²) in [4.78, 5) is 28.2. The molecular weight excluding hydrogens is 256 g/mol. The zero-order chi connectivity index (χ0) is 14.7. The van der Waals surface area contributed by atoms with Gasteiger partial charge in [-0.3, -0.25) is 14.7 Å². The minimum Gasteiger partial charge on any atom is -0.370 e. The summed E-state index contributed by atoms with van der Waals surface area (Å²) in [6, 6.07) is 3.69. The van der Waals surface area contributed by atoms with Gasteiger partial charge in [0.15, 0.2) is 0 Å². The van der Waals surface area contributed by atoms with E-state index in [4.69, 9.17) is 0 Å². The van der Waals surface area contributed by atoms with E-state index < -0.39 is 0 Å². The maximum Gasteiger partial charge on any atom is 0.268 e. The summed E-state index contributed by atoms with van der Waals surface area (Å²) in [5, 5.41) is 5.73. The van der Waals surface area contributed by atoms with Crippen LogP contribution in [0.25, 0.3) is 0 Å². The lowest BCUT2D eigenvalue weighted by Crippen LogP contribution is -2.33. The zero-order valence-electron chi connectivity index (χ0n) is 11.9. The zero-order valence-corrected chi connectivity index (χ0v) is 11.9. The van der Waals surface area contributed by atoms with Crippen molar-refractivity contribution < 1.29 is 0 Å². The van der Waals surface area contributed by atoms with Gasteiger partial charge in [-0.25, -0.2) is 9.67 Å². The molecule has 0 saturated carbocycles. The summed E-state index contributed by atoms with van der Waals surface area (Å²) < 4.78 is 1.32. The van der Waals surface area contributed by atoms with Gasteiger partial charge in [0.1, 0.15) is 5.82 Å². The van der Waals surface area contributed by atoms with Crippen molar-refractivity contribution in [1.82, 2.24) is 14.8 Å². The molecule has 2 rings (SSSR count). The van der Waals surface area contributed by atoms with Crippen LogP contribution in [0.5, 0.6) is 0 Å². The fourth-order valence-electron chi connectivity index (χ4n) is 1.96. The summed E-state index contributed by atoms with van der Waals surface area (Å²) >= 11 is 0. The first-order valence-corrected chi connectivity index (χ1v) is 6.52. The average molecular weight is 274 g/mol. The molecule has 0 aliphatic rings. The van der Waals surface area contributed by atoms with Crippen LogP contribution in [0.4, 0.5) is 5.82 Å². The minimum atomic E-state index is -0.240. The van der Waals surface area contributed by atoms with Gasteiger partial charge in [0.2, 0.25) is 0 Å². The van der Waals surface area contributed by atoms with Crippen LogP contribution in [-0.2, 0) is 6.54 Å². The van der Waals surface area contributed by atoms with Gasteiger partial charge in [-0.2, -0.15) is 0 Å². The topological polar surface area (TPSA) is 79.8 Å². The van der Waals surface area contributed by atoms with E-state index >= 15 is 0 Å². The monoisotopic (exact) mass is 274 g/mol. The Morgan fingerprint density at radius 2 is 2.05 bits per heavy atom. The second-order valence-electron chi connectivity index (χ2n) is 4.62. The molecule has 0 bridgehead atoms. The van der Waals surface area contributed by atoms with E-state index in [0.29, 0.717) is 11.1 Å². The fourth-order valence-corrected chi connectivity index (χ4v) is 1.96. The van der Waals surface area contributed by atoms with E-state index in [2.05, 4.69) is 15.4 Å². The highest BCUT2D eigenvalue weighted by Gasteiger charge is 2.09. The first-order valence-electron chi connectivity index (χ1n) is 6.52. The third kappa shape index (κ3) is 2.64. The number of rotatable bonds is 4. The van der Waals surface area contributed by atoms with E-state index in [1.54, 1.807) is 26.1 Å². The molecule has 6 heteroatoms. The molecule has 6 nitrogen and oxygen atoms in total. The number of nitrogens with zero attached hydrogens (tertiary/aromatic N) is 2. The van der Waals surface area contributed by atoms with Gasteiger partial charge < -0.3 is 5.32 Å². The van der Waals surface area contributed by atoms with E-state index in [0.717, 1.165) is 17.9 Å². The standard InChI is InChI=1S/C14H18N4O2/c1-4-15-12-11(6-5-7-16-12)8-18-14(20)10(3)9(2)13(19)17-18/h5-7H,4,8H2,1-3H3,(H,15,16)(H,17,19). The van der Waals surface area contributed by atoms with Crippen molar-refractivity contribution >= 4 is 5.82 Å². The van der Waals surface area contributed by atoms with Gasteiger partial charge >= 0.3 is 0 Å². The first kappa shape index (κ1) is 14.0. The number of hydrogen-bond donors (Lipinski definition) is 2. The Balaban J connectivity index is 2.46. The lowest BCUT2D eigenvalue weighted by atomic mass is 10.2. The van der Waals surface area contributed by atoms with Crippen molar-refractivity contribution in [3.05, 3.63) is 55.7 Å². The Hall–Kier alpha value is -2.37. The average Bonchev–Trinajstić information content (AvgIpc) is 2.45. The van der Waals surface area contributed by atoms with Gasteiger partial charge in [0.05, 0.1) is 6.54 Å². The first-order chi connectivity index (χ1) is 9.54. The number of hydrogen-bond acceptors (Lipinski definition) is 4. The number of pyridine rings is 1. The van der Waals surface area contributed by atoms with Crippen LogP contribution in [0.1, 0.15) is 23.6 Å². The van der Waals surface area contributed by atoms with E-state index in [9.17, 15) is 9.59 Å². The molecule has 2 N–H and O–H groups in total. The number of nitrogens with one attached hydrogen (secondary N) is 2. The number of aromatic amines is 1. The number of H-pyrrole nitrogens is 1. The largest absolute Gasteiger partial charge is 0.370 e. The van der Waals surface area contributed by atoms with Gasteiger partial charge in [-0.15, -0.1) is 0 Å². The van der Waals surface area contributed by atoms with Crippen LogP contribution in [0.15, 0.2) is 27.9 Å². The van der Waals surface area contributed by atoms with Gasteiger partial charge in [-0.05, 0) is 26.8 Å². The molecule has 0 aliphatic carbocycles. The highest BCUT2D eigenvalue weighted by Crippen LogP contribution is 2.11. The summed E-state index contributed by atoms with van der Waals surface area (Å²) in [6.45, 7) is 6.31. The second kappa shape index (κ2) is 5.73. The summed E-state index contributed by atoms with van der Waals surface area (Å²) in [7, 11) is 0. The molecule has 20 heavy (non-hydrogen) atoms. The van der Waals surface area contributed by atoms with E-state index in [1.807, 2.05) is 13.0 Å². The van der Waals surface area contributed by atoms with Crippen molar-refractivity contribution in [3.8, 4) is 0 Å². The maximum absolute atomic E-state index is 12.2. The van der Waals surface area contributed by atoms with Crippen LogP contribution in [0.3, 0.4) is 0 Å². The highest BCUT2D eigenvalue weighted by atomic mass is 16.2. The lowest BCUT2D eigenvalue weighted by Gasteiger charge is -2.12. The molecule has 2 aromatic rings. The summed E-state index contributed by atoms with van der Waals surface area (Å²) in [6.07, 6.45) is 1.69. The molecule has 0 aliphatic heterocycles. The number of anilines is 1. The normalized spacial score (nSPS) is 10.6. The Morgan fingerprint density at radius 3 is 2.75 bits per heavy atom. The van der Waals surface area contributed by atoms with Crippen LogP contribution in [0, 0.1) is 13.8 Å². The SMILES string of the molecule is CCNc1ncccc1Cn1[nH]c(=O)c(C)c(C)c1=O. The van der Waals surface area contributed by atoms with Crippen molar-refractivity contribution in [2.75, 3.05) is 11.9 Å². The van der Waals surface area contributed by atoms with E-state index in [1.165, 1.54) is 4.68 Å². The molecule has 0 radical (unpaired) electrons. The van der Waals surface area contributed by atoms with Crippen LogP contribution in [-0.4, -0.2) is 21.3 Å². The van der Waals surface area contributed by atoms with Crippen LogP contribution in [0.2, 0.25) is 0 Å². The van der Waals surface area contributed by atoms with Gasteiger partial charge in [-0.1, -0.05) is 6.07 Å². The highest BCUT2D eigenvalue weighted by molar-refractivity contribution is 5.43. The smallest absolute Gasteiger partial charge is 0.268 e. The van der Waals surface area contributed by atoms with E-state index in [-0.39, 0.29) is 17.7 Å². The second-order valence-corrected chi connectivity index (χ2v) is 4.62. The van der Waals surface area contributed by atoms with Crippen molar-refractivity contribution in [3.63, 3.8) is 0 Å². The minimum absolute atomic E-state index is 0.187. The third-order valence-corrected chi connectivity index (χ3v) is 3.27. The quantitative estimate of drug-likeness (QED) is 0.872. The Bertz CT molecular complexity index is 731. The molecule has 0 unspecified atom stereocenters. The molecule has 0 saturated heterocycles. The molecular formula is C14H18N4O2. The molecule has 0 aromatic carbocycles. The molecule has 0 fully saturated rings. The van der Waals surface area contributed by atoms with Crippen LogP contribution >= 0.6 is 0 Å². The fraction of sp³-hybridized carbons (Fsp3) is 0.357. The van der Waals surface area contributed by atoms with Crippen molar-refractivity contribution in [2.45, 2.75) is 27.3 Å². The van der Waals surface area contributed by atoms with Crippen molar-refractivity contribution in [2.24, 2.45) is 0 Å². The van der Waals surface area contributed by atoms with Gasteiger partial charge in [0.25, 0.3) is 11.1 Å². The Morgan fingerprint density at radius 1 is 1.30 bits per heavy atom. The van der Waals surface area contributed by atoms with Gasteiger partial charge in [0, 0.05) is 29.4 Å². The number of aromatic nitrogens is 3. The molecule has 2 aromatic heterocycles. The summed E-state index contributed by atoms with van der Waals surface area (Å²) in [5.41, 5.74) is 1.37. The predicted octanol–water partition coefficient (Wildman–Crippen LogP) is 1.03. The predicted molar refractivity (Wildman–Crippen MR) is 78.3 cm³/mol. The molecule has 2 heterocycles. The Kier molecular flexibility index (Phi) is 4.02. The van der Waals surface area contributed by atoms with Crippen LogP contribution < -0.4 is 16.4 Å². The molecule has 0 amide bonds. The molecule has 106 valence electrons. The molecule has 0 spiro atoms. The third-order valence-electron chi connectivity index (χ3n) is 3.27. The summed E-state index contributed by atoms with van der Waals surface area (Å²) in [5.74, 6) is 0.723.